The summed E-state index contributed by atoms with van der Waals surface area (Å²) in [5, 5.41) is 5.20. The maximum atomic E-state index is 4.00. The van der Waals surface area contributed by atoms with Crippen LogP contribution in [0.1, 0.15) is 22.3 Å². The number of rotatable bonds is 1. The summed E-state index contributed by atoms with van der Waals surface area (Å²) in [5.41, 5.74) is 15.4. The Kier molecular flexibility index (Phi) is 4.18. The second-order valence-electron chi connectivity index (χ2n) is 11.7. The number of aromatic amines is 1. The Labute approximate surface area is 243 Å². The summed E-state index contributed by atoms with van der Waals surface area (Å²) < 4.78 is 0. The molecule has 0 unspecified atom stereocenters. The van der Waals surface area contributed by atoms with Crippen LogP contribution in [0.25, 0.3) is 66.0 Å². The number of fused-ring (bicyclic) bond motifs is 17. The van der Waals surface area contributed by atoms with Crippen LogP contribution < -0.4 is 0 Å². The maximum Gasteiger partial charge on any atom is 0.0746 e. The summed E-state index contributed by atoms with van der Waals surface area (Å²) in [6.07, 6.45) is 0. The predicted molar refractivity (Wildman–Crippen MR) is 175 cm³/mol. The Hall–Kier alpha value is -5.40. The van der Waals surface area contributed by atoms with E-state index in [9.17, 15) is 0 Å². The summed E-state index contributed by atoms with van der Waals surface area (Å²) in [7, 11) is 0. The quantitative estimate of drug-likeness (QED) is 0.217. The van der Waals surface area contributed by atoms with E-state index >= 15 is 0 Å². The molecule has 0 atom stereocenters. The molecule has 2 aliphatic carbocycles. The fourth-order valence-electron chi connectivity index (χ4n) is 8.26. The first-order valence-electron chi connectivity index (χ1n) is 14.7. The third-order valence-corrected chi connectivity index (χ3v) is 9.80. The van der Waals surface area contributed by atoms with Crippen molar-refractivity contribution in [2.75, 3.05) is 0 Å². The third-order valence-electron chi connectivity index (χ3n) is 9.80. The van der Waals surface area contributed by atoms with Crippen LogP contribution >= 0.6 is 0 Å². The molecular weight excluding hydrogens is 506 g/mol. The zero-order valence-electron chi connectivity index (χ0n) is 22.9. The molecule has 0 saturated heterocycles. The largest absolute Gasteiger partial charge is 0.354 e. The minimum Gasteiger partial charge on any atom is -0.354 e. The van der Waals surface area contributed by atoms with Gasteiger partial charge in [0.2, 0.25) is 0 Å². The number of hydrogen-bond donors (Lipinski definition) is 1. The first-order chi connectivity index (χ1) is 20.9. The van der Waals surface area contributed by atoms with Gasteiger partial charge in [-0.25, -0.2) is 0 Å². The first kappa shape index (κ1) is 22.3. The van der Waals surface area contributed by atoms with Crippen LogP contribution in [0, 0.1) is 0 Å². The molecule has 1 heterocycles. The summed E-state index contributed by atoms with van der Waals surface area (Å²) in [4.78, 5) is 4.00. The van der Waals surface area contributed by atoms with Gasteiger partial charge in [-0.05, 0) is 73.0 Å². The Morgan fingerprint density at radius 2 is 1.00 bits per heavy atom. The van der Waals surface area contributed by atoms with Crippen LogP contribution in [0.4, 0.5) is 0 Å². The molecule has 8 aromatic rings. The Balaban J connectivity index is 1.45. The number of aromatic nitrogens is 1. The van der Waals surface area contributed by atoms with Crippen molar-refractivity contribution < 1.29 is 0 Å². The van der Waals surface area contributed by atoms with Crippen LogP contribution in [0.5, 0.6) is 0 Å². The SMILES string of the molecule is c1ccc(-c2ccc3[nH]c4c5c(c6ccccc6c4c3c2)-c2ccccc2C52c3ccccc3-c3ccccc32)cc1. The smallest absolute Gasteiger partial charge is 0.0746 e. The van der Waals surface area contributed by atoms with E-state index in [1.54, 1.807) is 0 Å². The van der Waals surface area contributed by atoms with Crippen molar-refractivity contribution in [2.45, 2.75) is 5.41 Å². The zero-order valence-corrected chi connectivity index (χ0v) is 22.9. The zero-order chi connectivity index (χ0) is 27.4. The fraction of sp³-hybridized carbons (Fsp3) is 0.0244. The minimum atomic E-state index is -0.398. The molecule has 0 bridgehead atoms. The minimum absolute atomic E-state index is 0.398. The highest BCUT2D eigenvalue weighted by Crippen LogP contribution is 2.65. The van der Waals surface area contributed by atoms with Gasteiger partial charge >= 0.3 is 0 Å². The van der Waals surface area contributed by atoms with E-state index in [0.29, 0.717) is 0 Å². The molecule has 0 fully saturated rings. The number of nitrogens with one attached hydrogen (secondary N) is 1. The normalized spacial score (nSPS) is 13.9. The van der Waals surface area contributed by atoms with Crippen molar-refractivity contribution in [2.24, 2.45) is 0 Å². The number of benzene rings is 7. The molecule has 10 rings (SSSR count). The van der Waals surface area contributed by atoms with Crippen molar-refractivity contribution in [1.29, 1.82) is 0 Å². The van der Waals surface area contributed by atoms with Gasteiger partial charge in [-0.3, -0.25) is 0 Å². The molecule has 1 aromatic heterocycles. The van der Waals surface area contributed by atoms with Crippen molar-refractivity contribution in [3.8, 4) is 33.4 Å². The molecule has 0 amide bonds. The lowest BCUT2D eigenvalue weighted by Crippen LogP contribution is -2.26. The Morgan fingerprint density at radius 3 is 1.71 bits per heavy atom. The fourth-order valence-corrected chi connectivity index (χ4v) is 8.26. The van der Waals surface area contributed by atoms with Crippen LogP contribution in [-0.4, -0.2) is 4.98 Å². The summed E-state index contributed by atoms with van der Waals surface area (Å²) in [5.74, 6) is 0. The van der Waals surface area contributed by atoms with Gasteiger partial charge in [0.1, 0.15) is 0 Å². The van der Waals surface area contributed by atoms with E-state index < -0.39 is 5.41 Å². The number of hydrogen-bond acceptors (Lipinski definition) is 0. The van der Waals surface area contributed by atoms with E-state index in [1.165, 1.54) is 88.2 Å². The van der Waals surface area contributed by atoms with Crippen molar-refractivity contribution in [1.82, 2.24) is 4.98 Å². The van der Waals surface area contributed by atoms with Gasteiger partial charge in [0.25, 0.3) is 0 Å². The van der Waals surface area contributed by atoms with E-state index in [2.05, 4.69) is 151 Å². The molecule has 0 aliphatic heterocycles. The Morgan fingerprint density at radius 1 is 0.429 bits per heavy atom. The predicted octanol–water partition coefficient (Wildman–Crippen LogP) is 10.5. The van der Waals surface area contributed by atoms with Crippen LogP contribution in [0.15, 0.2) is 146 Å². The van der Waals surface area contributed by atoms with Gasteiger partial charge in [-0.1, -0.05) is 133 Å². The van der Waals surface area contributed by atoms with Crippen molar-refractivity contribution in [3.63, 3.8) is 0 Å². The van der Waals surface area contributed by atoms with Crippen LogP contribution in [-0.2, 0) is 5.41 Å². The molecule has 1 heteroatoms. The maximum absolute atomic E-state index is 4.00. The van der Waals surface area contributed by atoms with E-state index in [0.717, 1.165) is 0 Å². The molecule has 1 N–H and O–H groups in total. The average Bonchev–Trinajstić information content (AvgIpc) is 3.69. The highest BCUT2D eigenvalue weighted by molar-refractivity contribution is 6.27. The standard InChI is InChI=1S/C41H25N/c1-2-12-25(13-3-1)26-22-23-36-32(24-26)38-30-17-5-4-16-29(30)37-31-18-8-11-21-35(31)41(39(37)40(38)42-36)33-19-9-6-14-27(33)28-15-7-10-20-34(28)41/h1-24,42H. The number of H-pyrrole nitrogens is 1. The third kappa shape index (κ3) is 2.56. The van der Waals surface area contributed by atoms with Crippen LogP contribution in [0.3, 0.4) is 0 Å². The van der Waals surface area contributed by atoms with E-state index in [4.69, 9.17) is 0 Å². The molecule has 0 radical (unpaired) electrons. The van der Waals surface area contributed by atoms with Gasteiger partial charge in [-0.15, -0.1) is 0 Å². The summed E-state index contributed by atoms with van der Waals surface area (Å²) in [6, 6.07) is 53.9. The molecular formula is C41H25N. The molecule has 42 heavy (non-hydrogen) atoms. The van der Waals surface area contributed by atoms with Gasteiger partial charge in [-0.2, -0.15) is 0 Å². The molecule has 0 saturated carbocycles. The lowest BCUT2D eigenvalue weighted by molar-refractivity contribution is 0.800. The first-order valence-corrected chi connectivity index (χ1v) is 14.7. The molecule has 1 nitrogen and oxygen atoms in total. The summed E-state index contributed by atoms with van der Waals surface area (Å²) in [6.45, 7) is 0. The average molecular weight is 532 g/mol. The van der Waals surface area contributed by atoms with Gasteiger partial charge in [0.05, 0.1) is 10.9 Å². The van der Waals surface area contributed by atoms with Gasteiger partial charge in [0, 0.05) is 21.9 Å². The van der Waals surface area contributed by atoms with Crippen LogP contribution in [0.2, 0.25) is 0 Å². The van der Waals surface area contributed by atoms with Gasteiger partial charge < -0.3 is 4.98 Å². The Bertz CT molecular complexity index is 2360. The van der Waals surface area contributed by atoms with Gasteiger partial charge in [0.15, 0.2) is 0 Å². The van der Waals surface area contributed by atoms with E-state index in [1.807, 2.05) is 0 Å². The lowest BCUT2D eigenvalue weighted by atomic mass is 9.70. The summed E-state index contributed by atoms with van der Waals surface area (Å²) >= 11 is 0. The monoisotopic (exact) mass is 531 g/mol. The van der Waals surface area contributed by atoms with Crippen molar-refractivity contribution in [3.05, 3.63) is 168 Å². The van der Waals surface area contributed by atoms with E-state index in [-0.39, 0.29) is 0 Å². The second kappa shape index (κ2) is 7.87. The topological polar surface area (TPSA) is 15.8 Å². The van der Waals surface area contributed by atoms with Crippen molar-refractivity contribution >= 4 is 32.6 Å². The molecule has 2 aliphatic rings. The molecule has 7 aromatic carbocycles. The lowest BCUT2D eigenvalue weighted by Gasteiger charge is -2.31. The molecule has 1 spiro atoms. The molecule has 194 valence electrons. The highest BCUT2D eigenvalue weighted by atomic mass is 14.7. The highest BCUT2D eigenvalue weighted by Gasteiger charge is 2.53. The second-order valence-corrected chi connectivity index (χ2v) is 11.7.